The number of benzene rings is 1. The normalized spacial score (nSPS) is 21.9. The van der Waals surface area contributed by atoms with Gasteiger partial charge in [-0.2, -0.15) is 0 Å². The van der Waals surface area contributed by atoms with E-state index in [0.717, 1.165) is 47.7 Å². The van der Waals surface area contributed by atoms with Crippen LogP contribution in [0.25, 0.3) is 0 Å². The monoisotopic (exact) mass is 361 g/mol. The minimum atomic E-state index is 0.0584. The molecule has 0 saturated carbocycles. The SMILES string of the molecule is CCN1CCOC(C(Cc2ccc(Br)cc2Cl)NN)C1. The van der Waals surface area contributed by atoms with E-state index < -0.39 is 0 Å². The van der Waals surface area contributed by atoms with Gasteiger partial charge in [0, 0.05) is 22.6 Å². The molecule has 6 heteroatoms. The molecule has 1 saturated heterocycles. The van der Waals surface area contributed by atoms with E-state index in [2.05, 4.69) is 33.2 Å². The quantitative estimate of drug-likeness (QED) is 0.623. The minimum Gasteiger partial charge on any atom is -0.374 e. The van der Waals surface area contributed by atoms with Crippen LogP contribution in [0.5, 0.6) is 0 Å². The number of rotatable bonds is 5. The van der Waals surface area contributed by atoms with Crippen LogP contribution < -0.4 is 11.3 Å². The topological polar surface area (TPSA) is 50.5 Å². The van der Waals surface area contributed by atoms with Gasteiger partial charge in [-0.3, -0.25) is 16.2 Å². The summed E-state index contributed by atoms with van der Waals surface area (Å²) in [5, 5.41) is 0.753. The second-order valence-electron chi connectivity index (χ2n) is 5.02. The average Bonchev–Trinajstić information content (AvgIpc) is 2.46. The Balaban J connectivity index is 2.04. The van der Waals surface area contributed by atoms with E-state index in [1.807, 2.05) is 18.2 Å². The van der Waals surface area contributed by atoms with Crippen LogP contribution in [0.2, 0.25) is 5.02 Å². The van der Waals surface area contributed by atoms with Crippen LogP contribution in [0.3, 0.4) is 0 Å². The first kappa shape index (κ1) is 16.2. The summed E-state index contributed by atoms with van der Waals surface area (Å²) in [4.78, 5) is 2.38. The zero-order chi connectivity index (χ0) is 14.5. The molecular weight excluding hydrogens is 342 g/mol. The molecule has 0 amide bonds. The molecule has 0 bridgehead atoms. The molecule has 1 aliphatic heterocycles. The van der Waals surface area contributed by atoms with E-state index in [0.29, 0.717) is 0 Å². The van der Waals surface area contributed by atoms with Crippen molar-refractivity contribution in [3.63, 3.8) is 0 Å². The average molecular weight is 363 g/mol. The van der Waals surface area contributed by atoms with Crippen LogP contribution in [-0.4, -0.2) is 43.3 Å². The number of hydrogen-bond donors (Lipinski definition) is 2. The first-order chi connectivity index (χ1) is 9.63. The lowest BCUT2D eigenvalue weighted by atomic mass is 10.0. The van der Waals surface area contributed by atoms with Crippen LogP contribution in [0, 0.1) is 0 Å². The maximum atomic E-state index is 6.28. The number of ether oxygens (including phenoxy) is 1. The van der Waals surface area contributed by atoms with Gasteiger partial charge in [0.25, 0.3) is 0 Å². The molecule has 20 heavy (non-hydrogen) atoms. The molecule has 2 atom stereocenters. The highest BCUT2D eigenvalue weighted by Crippen LogP contribution is 2.23. The summed E-state index contributed by atoms with van der Waals surface area (Å²) in [6.45, 7) is 5.85. The van der Waals surface area contributed by atoms with Gasteiger partial charge in [0.05, 0.1) is 18.8 Å². The third kappa shape index (κ3) is 4.16. The van der Waals surface area contributed by atoms with Crippen molar-refractivity contribution in [2.45, 2.75) is 25.5 Å². The summed E-state index contributed by atoms with van der Waals surface area (Å²) >= 11 is 9.69. The van der Waals surface area contributed by atoms with E-state index in [4.69, 9.17) is 22.2 Å². The highest BCUT2D eigenvalue weighted by molar-refractivity contribution is 9.10. The number of nitrogens with one attached hydrogen (secondary N) is 1. The van der Waals surface area contributed by atoms with Gasteiger partial charge in [0.15, 0.2) is 0 Å². The van der Waals surface area contributed by atoms with Gasteiger partial charge < -0.3 is 4.74 Å². The summed E-state index contributed by atoms with van der Waals surface area (Å²) in [7, 11) is 0. The van der Waals surface area contributed by atoms with Crippen LogP contribution in [0.4, 0.5) is 0 Å². The van der Waals surface area contributed by atoms with Gasteiger partial charge in [0.1, 0.15) is 0 Å². The Morgan fingerprint density at radius 1 is 1.60 bits per heavy atom. The van der Waals surface area contributed by atoms with Crippen molar-refractivity contribution in [2.75, 3.05) is 26.2 Å². The second kappa shape index (κ2) is 7.73. The number of morpholine rings is 1. The second-order valence-corrected chi connectivity index (χ2v) is 6.34. The van der Waals surface area contributed by atoms with E-state index >= 15 is 0 Å². The third-order valence-corrected chi connectivity index (χ3v) is 4.59. The van der Waals surface area contributed by atoms with Crippen molar-refractivity contribution in [3.8, 4) is 0 Å². The summed E-state index contributed by atoms with van der Waals surface area (Å²) in [6, 6.07) is 5.99. The standard InChI is InChI=1S/C14H21BrClN3O/c1-2-19-5-6-20-14(9-19)13(18-17)7-10-3-4-11(15)8-12(10)16/h3-4,8,13-14,18H,2,5-7,9,17H2,1H3. The van der Waals surface area contributed by atoms with E-state index in [-0.39, 0.29) is 12.1 Å². The number of nitrogens with two attached hydrogens (primary N) is 1. The largest absolute Gasteiger partial charge is 0.374 e. The summed E-state index contributed by atoms with van der Waals surface area (Å²) in [5.74, 6) is 5.72. The van der Waals surface area contributed by atoms with Gasteiger partial charge in [-0.1, -0.05) is 40.5 Å². The number of nitrogens with zero attached hydrogens (tertiary/aromatic N) is 1. The predicted octanol–water partition coefficient (Wildman–Crippen LogP) is 2.20. The van der Waals surface area contributed by atoms with Crippen molar-refractivity contribution in [1.29, 1.82) is 0 Å². The van der Waals surface area contributed by atoms with Crippen molar-refractivity contribution in [3.05, 3.63) is 33.3 Å². The molecule has 2 unspecified atom stereocenters. The molecule has 2 rings (SSSR count). The molecule has 1 fully saturated rings. The Morgan fingerprint density at radius 3 is 3.05 bits per heavy atom. The van der Waals surface area contributed by atoms with Gasteiger partial charge >= 0.3 is 0 Å². The Kier molecular flexibility index (Phi) is 6.26. The zero-order valence-corrected chi connectivity index (χ0v) is 14.0. The maximum Gasteiger partial charge on any atom is 0.0871 e. The highest BCUT2D eigenvalue weighted by Gasteiger charge is 2.27. The van der Waals surface area contributed by atoms with Gasteiger partial charge in [-0.05, 0) is 30.7 Å². The molecule has 0 aromatic heterocycles. The summed E-state index contributed by atoms with van der Waals surface area (Å²) < 4.78 is 6.84. The first-order valence-electron chi connectivity index (χ1n) is 6.88. The smallest absolute Gasteiger partial charge is 0.0871 e. The predicted molar refractivity (Wildman–Crippen MR) is 85.8 cm³/mol. The molecule has 1 aromatic rings. The van der Waals surface area contributed by atoms with Crippen LogP contribution >= 0.6 is 27.5 Å². The third-order valence-electron chi connectivity index (χ3n) is 3.74. The maximum absolute atomic E-state index is 6.28. The number of hydrazine groups is 1. The Bertz CT molecular complexity index is 446. The first-order valence-corrected chi connectivity index (χ1v) is 8.05. The molecule has 112 valence electrons. The molecule has 1 aromatic carbocycles. The molecule has 3 N–H and O–H groups in total. The lowest BCUT2D eigenvalue weighted by Crippen LogP contribution is -2.54. The Morgan fingerprint density at radius 2 is 2.40 bits per heavy atom. The molecule has 1 aliphatic rings. The van der Waals surface area contributed by atoms with Gasteiger partial charge in [0.2, 0.25) is 0 Å². The summed E-state index contributed by atoms with van der Waals surface area (Å²) in [5.41, 5.74) is 3.96. The fourth-order valence-electron chi connectivity index (χ4n) is 2.48. The van der Waals surface area contributed by atoms with Gasteiger partial charge in [-0.25, -0.2) is 0 Å². The fourth-order valence-corrected chi connectivity index (χ4v) is 3.23. The fraction of sp³-hybridized carbons (Fsp3) is 0.571. The minimum absolute atomic E-state index is 0.0584. The Hall–Kier alpha value is -0.170. The van der Waals surface area contributed by atoms with Crippen LogP contribution in [-0.2, 0) is 11.2 Å². The molecule has 0 radical (unpaired) electrons. The molecule has 1 heterocycles. The van der Waals surface area contributed by atoms with Gasteiger partial charge in [-0.15, -0.1) is 0 Å². The zero-order valence-electron chi connectivity index (χ0n) is 11.6. The highest BCUT2D eigenvalue weighted by atomic mass is 79.9. The molecular formula is C14H21BrClN3O. The molecule has 0 aliphatic carbocycles. The van der Waals surface area contributed by atoms with Crippen molar-refractivity contribution in [1.82, 2.24) is 10.3 Å². The van der Waals surface area contributed by atoms with E-state index in [1.54, 1.807) is 0 Å². The van der Waals surface area contributed by atoms with Crippen molar-refractivity contribution < 1.29 is 4.74 Å². The number of halogens is 2. The Labute approximate surface area is 133 Å². The molecule has 0 spiro atoms. The number of hydrogen-bond acceptors (Lipinski definition) is 4. The molecule has 4 nitrogen and oxygen atoms in total. The number of likely N-dealkylation sites (N-methyl/N-ethyl adjacent to an activating group) is 1. The lowest BCUT2D eigenvalue weighted by molar-refractivity contribution is -0.0447. The van der Waals surface area contributed by atoms with Crippen LogP contribution in [0.15, 0.2) is 22.7 Å². The van der Waals surface area contributed by atoms with Crippen molar-refractivity contribution >= 4 is 27.5 Å². The van der Waals surface area contributed by atoms with E-state index in [9.17, 15) is 0 Å². The van der Waals surface area contributed by atoms with Crippen LogP contribution in [0.1, 0.15) is 12.5 Å². The van der Waals surface area contributed by atoms with Crippen molar-refractivity contribution in [2.24, 2.45) is 5.84 Å². The lowest BCUT2D eigenvalue weighted by Gasteiger charge is -2.36. The van der Waals surface area contributed by atoms with E-state index in [1.165, 1.54) is 0 Å². The summed E-state index contributed by atoms with van der Waals surface area (Å²) in [6.07, 6.45) is 0.846.